The largest absolute Gasteiger partial charge is 0.378 e. The summed E-state index contributed by atoms with van der Waals surface area (Å²) in [4.78, 5) is 14.7. The summed E-state index contributed by atoms with van der Waals surface area (Å²) in [6.07, 6.45) is 0. The number of benzene rings is 2. The van der Waals surface area contributed by atoms with E-state index in [0.717, 1.165) is 37.6 Å². The van der Waals surface area contributed by atoms with Gasteiger partial charge in [0.15, 0.2) is 0 Å². The summed E-state index contributed by atoms with van der Waals surface area (Å²) in [6, 6.07) is 14.0. The number of carbonyl (C=O) groups excluding carboxylic acids is 1. The maximum absolute atomic E-state index is 12.4. The smallest absolute Gasteiger partial charge is 0.251 e. The Labute approximate surface area is 159 Å². The minimum absolute atomic E-state index is 0.0625. The van der Waals surface area contributed by atoms with E-state index in [4.69, 9.17) is 4.74 Å². The number of morpholine rings is 1. The highest BCUT2D eigenvalue weighted by Crippen LogP contribution is 2.17. The van der Waals surface area contributed by atoms with E-state index in [-0.39, 0.29) is 10.8 Å². The third-order valence-electron chi connectivity index (χ3n) is 4.44. The molecular formula is C19H23N3O4S. The number of nitrogens with zero attached hydrogens (tertiary/aromatic N) is 1. The standard InChI is InChI=1S/C19H23N3O4S/c1-20-27(24,25)18-4-2-3-16(13-18)19(23)21-14-15-5-7-17(8-6-15)22-9-11-26-12-10-22/h2-8,13,20H,9-12,14H2,1H3,(H,21,23). The molecule has 7 nitrogen and oxygen atoms in total. The molecule has 0 radical (unpaired) electrons. The number of anilines is 1. The molecule has 0 spiro atoms. The monoisotopic (exact) mass is 389 g/mol. The molecule has 144 valence electrons. The summed E-state index contributed by atoms with van der Waals surface area (Å²) in [5.74, 6) is -0.319. The second kappa shape index (κ2) is 8.51. The number of hydrogen-bond donors (Lipinski definition) is 2. The van der Waals surface area contributed by atoms with Gasteiger partial charge in [0.1, 0.15) is 0 Å². The van der Waals surface area contributed by atoms with Crippen molar-refractivity contribution in [3.05, 3.63) is 59.7 Å². The van der Waals surface area contributed by atoms with Crippen molar-refractivity contribution >= 4 is 21.6 Å². The molecule has 1 heterocycles. The molecule has 8 heteroatoms. The van der Waals surface area contributed by atoms with Crippen LogP contribution < -0.4 is 14.9 Å². The molecule has 0 saturated carbocycles. The predicted octanol–water partition coefficient (Wildman–Crippen LogP) is 1.36. The highest BCUT2D eigenvalue weighted by atomic mass is 32.2. The van der Waals surface area contributed by atoms with Crippen molar-refractivity contribution < 1.29 is 17.9 Å². The summed E-state index contributed by atoms with van der Waals surface area (Å²) >= 11 is 0. The van der Waals surface area contributed by atoms with Crippen molar-refractivity contribution in [1.29, 1.82) is 0 Å². The number of hydrogen-bond acceptors (Lipinski definition) is 5. The van der Waals surface area contributed by atoms with Crippen LogP contribution in [-0.2, 0) is 21.3 Å². The van der Waals surface area contributed by atoms with Crippen LogP contribution in [0.2, 0.25) is 0 Å². The molecule has 2 aromatic carbocycles. The Morgan fingerprint density at radius 3 is 2.48 bits per heavy atom. The fourth-order valence-electron chi connectivity index (χ4n) is 2.85. The van der Waals surface area contributed by atoms with Gasteiger partial charge in [0, 0.05) is 30.9 Å². The van der Waals surface area contributed by atoms with E-state index >= 15 is 0 Å². The molecule has 0 unspecified atom stereocenters. The molecule has 27 heavy (non-hydrogen) atoms. The molecule has 1 amide bonds. The van der Waals surface area contributed by atoms with Crippen molar-refractivity contribution in [3.63, 3.8) is 0 Å². The summed E-state index contributed by atoms with van der Waals surface area (Å²) in [5, 5.41) is 2.82. The molecule has 2 N–H and O–H groups in total. The van der Waals surface area contributed by atoms with Crippen LogP contribution in [0.4, 0.5) is 5.69 Å². The fourth-order valence-corrected chi connectivity index (χ4v) is 3.63. The highest BCUT2D eigenvalue weighted by molar-refractivity contribution is 7.89. The van der Waals surface area contributed by atoms with Crippen LogP contribution in [0.15, 0.2) is 53.4 Å². The van der Waals surface area contributed by atoms with Crippen LogP contribution in [0.5, 0.6) is 0 Å². The fraction of sp³-hybridized carbons (Fsp3) is 0.316. The Kier molecular flexibility index (Phi) is 6.10. The van der Waals surface area contributed by atoms with Gasteiger partial charge in [0.2, 0.25) is 10.0 Å². The van der Waals surface area contributed by atoms with Gasteiger partial charge < -0.3 is 15.0 Å². The van der Waals surface area contributed by atoms with Crippen molar-refractivity contribution in [3.8, 4) is 0 Å². The van der Waals surface area contributed by atoms with Crippen LogP contribution >= 0.6 is 0 Å². The summed E-state index contributed by atoms with van der Waals surface area (Å²) in [5.41, 5.74) is 2.41. The number of sulfonamides is 1. The Hall–Kier alpha value is -2.42. The van der Waals surface area contributed by atoms with Crippen LogP contribution in [0, 0.1) is 0 Å². The number of ether oxygens (including phenoxy) is 1. The summed E-state index contributed by atoms with van der Waals surface area (Å²) in [7, 11) is -2.24. The molecule has 1 aliphatic heterocycles. The van der Waals surface area contributed by atoms with Gasteiger partial charge in [0.25, 0.3) is 5.91 Å². The Morgan fingerprint density at radius 2 is 1.81 bits per heavy atom. The van der Waals surface area contributed by atoms with E-state index < -0.39 is 10.0 Å². The van der Waals surface area contributed by atoms with E-state index in [0.29, 0.717) is 12.1 Å². The number of amides is 1. The molecule has 0 aromatic heterocycles. The SMILES string of the molecule is CNS(=O)(=O)c1cccc(C(=O)NCc2ccc(N3CCOCC3)cc2)c1. The van der Waals surface area contributed by atoms with Gasteiger partial charge in [-0.05, 0) is 42.9 Å². The minimum atomic E-state index is -3.58. The van der Waals surface area contributed by atoms with Crippen molar-refractivity contribution in [2.24, 2.45) is 0 Å². The minimum Gasteiger partial charge on any atom is -0.378 e. The zero-order valence-electron chi connectivity index (χ0n) is 15.1. The number of carbonyl (C=O) groups is 1. The van der Waals surface area contributed by atoms with E-state index in [9.17, 15) is 13.2 Å². The van der Waals surface area contributed by atoms with Crippen LogP contribution in [0.1, 0.15) is 15.9 Å². The lowest BCUT2D eigenvalue weighted by Crippen LogP contribution is -2.36. The normalized spacial score (nSPS) is 14.8. The average Bonchev–Trinajstić information content (AvgIpc) is 2.73. The Balaban J connectivity index is 1.61. The van der Waals surface area contributed by atoms with E-state index in [2.05, 4.69) is 14.9 Å². The molecule has 1 saturated heterocycles. The van der Waals surface area contributed by atoms with Gasteiger partial charge in [-0.25, -0.2) is 13.1 Å². The Bertz CT molecular complexity index is 891. The van der Waals surface area contributed by atoms with Gasteiger partial charge in [-0.15, -0.1) is 0 Å². The first-order valence-electron chi connectivity index (χ1n) is 8.73. The van der Waals surface area contributed by atoms with Crippen LogP contribution in [0.3, 0.4) is 0 Å². The molecule has 1 aliphatic rings. The van der Waals surface area contributed by atoms with Gasteiger partial charge >= 0.3 is 0 Å². The highest BCUT2D eigenvalue weighted by Gasteiger charge is 2.14. The van der Waals surface area contributed by atoms with Crippen LogP contribution in [0.25, 0.3) is 0 Å². The molecule has 0 bridgehead atoms. The molecule has 0 atom stereocenters. The van der Waals surface area contributed by atoms with Crippen molar-refractivity contribution in [1.82, 2.24) is 10.0 Å². The van der Waals surface area contributed by atoms with Gasteiger partial charge in [-0.1, -0.05) is 18.2 Å². The Morgan fingerprint density at radius 1 is 1.11 bits per heavy atom. The third kappa shape index (κ3) is 4.85. The number of rotatable bonds is 6. The first-order valence-corrected chi connectivity index (χ1v) is 10.2. The third-order valence-corrected chi connectivity index (χ3v) is 5.85. The quantitative estimate of drug-likeness (QED) is 0.779. The van der Waals surface area contributed by atoms with Crippen molar-refractivity contribution in [2.45, 2.75) is 11.4 Å². The topological polar surface area (TPSA) is 87.7 Å². The second-order valence-corrected chi connectivity index (χ2v) is 8.07. The molecule has 1 fully saturated rings. The maximum atomic E-state index is 12.4. The molecule has 2 aromatic rings. The van der Waals surface area contributed by atoms with Crippen molar-refractivity contribution in [2.75, 3.05) is 38.3 Å². The second-order valence-electron chi connectivity index (χ2n) is 6.18. The molecular weight excluding hydrogens is 366 g/mol. The van der Waals surface area contributed by atoms with Gasteiger partial charge in [-0.3, -0.25) is 4.79 Å². The first-order chi connectivity index (χ1) is 13.0. The average molecular weight is 389 g/mol. The zero-order chi connectivity index (χ0) is 19.3. The molecule has 3 rings (SSSR count). The lowest BCUT2D eigenvalue weighted by Gasteiger charge is -2.28. The lowest BCUT2D eigenvalue weighted by molar-refractivity contribution is 0.0950. The van der Waals surface area contributed by atoms with E-state index in [1.54, 1.807) is 12.1 Å². The van der Waals surface area contributed by atoms with E-state index in [1.807, 2.05) is 24.3 Å². The van der Waals surface area contributed by atoms with Gasteiger partial charge in [0.05, 0.1) is 18.1 Å². The zero-order valence-corrected chi connectivity index (χ0v) is 16.0. The summed E-state index contributed by atoms with van der Waals surface area (Å²) < 4.78 is 31.3. The lowest BCUT2D eigenvalue weighted by atomic mass is 10.1. The maximum Gasteiger partial charge on any atom is 0.251 e. The molecule has 0 aliphatic carbocycles. The first kappa shape index (κ1) is 19.3. The summed E-state index contributed by atoms with van der Waals surface area (Å²) in [6.45, 7) is 3.59. The van der Waals surface area contributed by atoms with Gasteiger partial charge in [-0.2, -0.15) is 0 Å². The van der Waals surface area contributed by atoms with E-state index in [1.165, 1.54) is 19.2 Å². The number of nitrogens with one attached hydrogen (secondary N) is 2. The van der Waals surface area contributed by atoms with Crippen LogP contribution in [-0.4, -0.2) is 47.7 Å². The predicted molar refractivity (Wildman–Crippen MR) is 103 cm³/mol.